The molecule has 0 saturated heterocycles. The number of nitrogens with one attached hydrogen (secondary N) is 1. The molecule has 2 amide bonds. The highest BCUT2D eigenvalue weighted by atomic mass is 35.5. The van der Waals surface area contributed by atoms with Gasteiger partial charge < -0.3 is 15.0 Å². The number of ether oxygens (including phenoxy) is 1. The number of anilines is 1. The number of benzene rings is 4. The van der Waals surface area contributed by atoms with Gasteiger partial charge >= 0.3 is 0 Å². The molecule has 1 N–H and O–H groups in total. The van der Waals surface area contributed by atoms with Crippen molar-refractivity contribution in [1.82, 2.24) is 10.2 Å². The number of methoxy groups -OCH3 is 1. The van der Waals surface area contributed by atoms with E-state index >= 15 is 0 Å². The van der Waals surface area contributed by atoms with E-state index in [0.29, 0.717) is 22.9 Å². The van der Waals surface area contributed by atoms with Gasteiger partial charge in [0.05, 0.1) is 17.7 Å². The lowest BCUT2D eigenvalue weighted by molar-refractivity contribution is -0.140. The number of halogens is 1. The van der Waals surface area contributed by atoms with E-state index in [9.17, 15) is 18.0 Å². The fourth-order valence-corrected chi connectivity index (χ4v) is 6.44. The average molecular weight is 662 g/mol. The van der Waals surface area contributed by atoms with Crippen LogP contribution in [0.2, 0.25) is 5.02 Å². The fourth-order valence-electron chi connectivity index (χ4n) is 4.90. The minimum Gasteiger partial charge on any atom is -0.497 e. The number of hydrogen-bond donors (Lipinski definition) is 1. The van der Waals surface area contributed by atoms with Crippen molar-refractivity contribution in [2.75, 3.05) is 18.0 Å². The Morgan fingerprint density at radius 1 is 0.870 bits per heavy atom. The molecule has 0 spiro atoms. The summed E-state index contributed by atoms with van der Waals surface area (Å²) in [5, 5.41) is 3.58. The molecule has 242 valence electrons. The first kappa shape index (κ1) is 34.5. The Labute approximate surface area is 277 Å². The Balaban J connectivity index is 1.80. The van der Waals surface area contributed by atoms with Crippen LogP contribution in [0.4, 0.5) is 5.69 Å². The minimum atomic E-state index is -4.21. The third-order valence-electron chi connectivity index (χ3n) is 7.79. The van der Waals surface area contributed by atoms with E-state index < -0.39 is 28.5 Å². The molecule has 0 saturated carbocycles. The molecule has 0 aliphatic carbocycles. The van der Waals surface area contributed by atoms with Gasteiger partial charge in [0.25, 0.3) is 10.0 Å². The molecule has 4 aromatic rings. The molecule has 4 rings (SSSR count). The number of carbonyl (C=O) groups is 2. The second-order valence-electron chi connectivity index (χ2n) is 11.2. The highest BCUT2D eigenvalue weighted by molar-refractivity contribution is 7.92. The standard InChI is InChI=1S/C36H40ClN3O5S/c1-5-27(3)38-36(42)34(23-28-9-7-6-8-10-28)39(24-29-13-15-30(37)16-14-29)35(41)25-40(31-17-11-26(2)12-18-31)46(43,44)33-21-19-32(45-4)20-22-33/h6-22,27,34H,5,23-25H2,1-4H3,(H,38,42)/t27-,34-/m0/s1. The van der Waals surface area contributed by atoms with E-state index in [4.69, 9.17) is 16.3 Å². The Kier molecular flexibility index (Phi) is 11.8. The molecule has 0 radical (unpaired) electrons. The van der Waals surface area contributed by atoms with Gasteiger partial charge in [0.1, 0.15) is 18.3 Å². The Bertz CT molecular complexity index is 1700. The first-order valence-electron chi connectivity index (χ1n) is 15.1. The summed E-state index contributed by atoms with van der Waals surface area (Å²) in [5.74, 6) is -0.351. The highest BCUT2D eigenvalue weighted by Crippen LogP contribution is 2.27. The number of aryl methyl sites for hydroxylation is 1. The molecule has 0 unspecified atom stereocenters. The molecular formula is C36H40ClN3O5S. The number of hydrogen-bond acceptors (Lipinski definition) is 5. The predicted octanol–water partition coefficient (Wildman–Crippen LogP) is 6.41. The summed E-state index contributed by atoms with van der Waals surface area (Å²) in [7, 11) is -2.72. The van der Waals surface area contributed by atoms with Gasteiger partial charge in [0.15, 0.2) is 0 Å². The van der Waals surface area contributed by atoms with Gasteiger partial charge in [-0.05, 0) is 79.9 Å². The molecule has 0 bridgehead atoms. The average Bonchev–Trinajstić information content (AvgIpc) is 3.06. The summed E-state index contributed by atoms with van der Waals surface area (Å²) in [6, 6.07) is 28.4. The van der Waals surface area contributed by atoms with Gasteiger partial charge in [-0.3, -0.25) is 13.9 Å². The lowest BCUT2D eigenvalue weighted by Gasteiger charge is -2.34. The number of rotatable bonds is 14. The van der Waals surface area contributed by atoms with Crippen molar-refractivity contribution in [3.63, 3.8) is 0 Å². The molecule has 0 heterocycles. The maximum absolute atomic E-state index is 14.5. The smallest absolute Gasteiger partial charge is 0.264 e. The zero-order valence-corrected chi connectivity index (χ0v) is 28.1. The molecule has 0 aromatic heterocycles. The van der Waals surface area contributed by atoms with E-state index in [1.807, 2.05) is 51.1 Å². The van der Waals surface area contributed by atoms with E-state index in [1.54, 1.807) is 60.7 Å². The third kappa shape index (κ3) is 8.89. The van der Waals surface area contributed by atoms with Crippen LogP contribution in [0.1, 0.15) is 37.0 Å². The fraction of sp³-hybridized carbons (Fsp3) is 0.278. The van der Waals surface area contributed by atoms with Crippen LogP contribution in [0.5, 0.6) is 5.75 Å². The van der Waals surface area contributed by atoms with Crippen molar-refractivity contribution < 1.29 is 22.7 Å². The van der Waals surface area contributed by atoms with Crippen LogP contribution in [0.15, 0.2) is 108 Å². The third-order valence-corrected chi connectivity index (χ3v) is 9.83. The monoisotopic (exact) mass is 661 g/mol. The van der Waals surface area contributed by atoms with E-state index in [2.05, 4.69) is 5.32 Å². The van der Waals surface area contributed by atoms with E-state index in [0.717, 1.165) is 21.0 Å². The first-order chi connectivity index (χ1) is 22.0. The van der Waals surface area contributed by atoms with Crippen LogP contribution in [-0.2, 0) is 32.6 Å². The first-order valence-corrected chi connectivity index (χ1v) is 16.9. The van der Waals surface area contributed by atoms with Crippen molar-refractivity contribution in [1.29, 1.82) is 0 Å². The van der Waals surface area contributed by atoms with Crippen LogP contribution in [0.3, 0.4) is 0 Å². The van der Waals surface area contributed by atoms with Crippen molar-refractivity contribution >= 4 is 39.1 Å². The highest BCUT2D eigenvalue weighted by Gasteiger charge is 2.35. The van der Waals surface area contributed by atoms with Crippen LogP contribution in [0, 0.1) is 6.92 Å². The second-order valence-corrected chi connectivity index (χ2v) is 13.5. The molecule has 0 aliphatic heterocycles. The topological polar surface area (TPSA) is 96.0 Å². The number of nitrogens with zero attached hydrogens (tertiary/aromatic N) is 2. The van der Waals surface area contributed by atoms with Crippen molar-refractivity contribution in [3.8, 4) is 5.75 Å². The lowest BCUT2D eigenvalue weighted by Crippen LogP contribution is -2.54. The zero-order valence-electron chi connectivity index (χ0n) is 26.5. The largest absolute Gasteiger partial charge is 0.497 e. The SMILES string of the molecule is CC[C@H](C)NC(=O)[C@H](Cc1ccccc1)N(Cc1ccc(Cl)cc1)C(=O)CN(c1ccc(C)cc1)S(=O)(=O)c1ccc(OC)cc1. The van der Waals surface area contributed by atoms with Gasteiger partial charge in [-0.15, -0.1) is 0 Å². The van der Waals surface area contributed by atoms with Crippen molar-refractivity contribution in [3.05, 3.63) is 125 Å². The molecule has 2 atom stereocenters. The molecule has 46 heavy (non-hydrogen) atoms. The predicted molar refractivity (Wildman–Crippen MR) is 183 cm³/mol. The molecule has 0 fully saturated rings. The second kappa shape index (κ2) is 15.8. The van der Waals surface area contributed by atoms with Crippen molar-refractivity contribution in [2.24, 2.45) is 0 Å². The van der Waals surface area contributed by atoms with E-state index in [1.165, 1.54) is 24.1 Å². The maximum atomic E-state index is 14.5. The Morgan fingerprint density at radius 2 is 1.50 bits per heavy atom. The van der Waals surface area contributed by atoms with E-state index in [-0.39, 0.29) is 29.8 Å². The van der Waals surface area contributed by atoms with Gasteiger partial charge in [0.2, 0.25) is 11.8 Å². The molecular weight excluding hydrogens is 622 g/mol. The number of sulfonamides is 1. The lowest BCUT2D eigenvalue weighted by atomic mass is 10.0. The van der Waals surface area contributed by atoms with Gasteiger partial charge in [-0.25, -0.2) is 8.42 Å². The summed E-state index contributed by atoms with van der Waals surface area (Å²) in [6.45, 7) is 5.30. The van der Waals surface area contributed by atoms with Crippen LogP contribution in [0.25, 0.3) is 0 Å². The van der Waals surface area contributed by atoms with Crippen LogP contribution >= 0.6 is 11.6 Å². The van der Waals surface area contributed by atoms with Crippen LogP contribution < -0.4 is 14.4 Å². The van der Waals surface area contributed by atoms with Gasteiger partial charge in [-0.1, -0.05) is 78.7 Å². The van der Waals surface area contributed by atoms with Gasteiger partial charge in [-0.2, -0.15) is 0 Å². The zero-order chi connectivity index (χ0) is 33.3. The molecule has 0 aliphatic rings. The summed E-state index contributed by atoms with van der Waals surface area (Å²) in [5.41, 5.74) is 2.87. The minimum absolute atomic E-state index is 0.00118. The molecule has 4 aromatic carbocycles. The molecule has 10 heteroatoms. The quantitative estimate of drug-likeness (QED) is 0.169. The number of amides is 2. The van der Waals surface area contributed by atoms with Crippen LogP contribution in [-0.4, -0.2) is 50.9 Å². The summed E-state index contributed by atoms with van der Waals surface area (Å²) in [4.78, 5) is 29.9. The molecule has 8 nitrogen and oxygen atoms in total. The summed E-state index contributed by atoms with van der Waals surface area (Å²) >= 11 is 6.15. The summed E-state index contributed by atoms with van der Waals surface area (Å²) in [6.07, 6.45) is 0.939. The van der Waals surface area contributed by atoms with Crippen molar-refractivity contribution in [2.45, 2.75) is 57.1 Å². The maximum Gasteiger partial charge on any atom is 0.264 e. The normalized spacial score (nSPS) is 12.5. The Morgan fingerprint density at radius 3 is 2.09 bits per heavy atom. The number of carbonyl (C=O) groups excluding carboxylic acids is 2. The Hall–Kier alpha value is -4.34. The summed E-state index contributed by atoms with van der Waals surface area (Å²) < 4.78 is 34.7. The van der Waals surface area contributed by atoms with Gasteiger partial charge in [0, 0.05) is 24.0 Å².